The van der Waals surface area contributed by atoms with Crippen LogP contribution in [-0.2, 0) is 11.2 Å². The number of nitrogens with two attached hydrogens (primary N) is 1. The second-order valence-corrected chi connectivity index (χ2v) is 5.68. The summed E-state index contributed by atoms with van der Waals surface area (Å²) in [6.07, 6.45) is 0.225. The number of amides is 1. The molecule has 1 aromatic rings. The smallest absolute Gasteiger partial charge is 0.225 e. The molecule has 0 aliphatic heterocycles. The van der Waals surface area contributed by atoms with Gasteiger partial charge in [-0.25, -0.2) is 0 Å². The van der Waals surface area contributed by atoms with E-state index >= 15 is 0 Å². The van der Waals surface area contributed by atoms with E-state index < -0.39 is 5.54 Å². The average molecular weight is 331 g/mol. The molecule has 0 aliphatic rings. The molecule has 0 fully saturated rings. The molecule has 0 spiro atoms. The number of nitrogens with one attached hydrogen (secondary N) is 1. The monoisotopic (exact) mass is 330 g/mol. The molecule has 1 aromatic carbocycles. The van der Waals surface area contributed by atoms with E-state index in [4.69, 9.17) is 15.2 Å². The van der Waals surface area contributed by atoms with Crippen LogP contribution in [0.1, 0.15) is 26.3 Å². The summed E-state index contributed by atoms with van der Waals surface area (Å²) >= 11 is 0. The molecule has 3 N–H and O–H groups in total. The Morgan fingerprint density at radius 1 is 1.32 bits per heavy atom. The van der Waals surface area contributed by atoms with Crippen molar-refractivity contribution in [2.45, 2.75) is 32.7 Å². The molecule has 1 rings (SSSR count). The van der Waals surface area contributed by atoms with Crippen molar-refractivity contribution in [3.63, 3.8) is 0 Å². The quantitative estimate of drug-likeness (QED) is 0.803. The normalized spacial score (nSPS) is 13.0. The molecular formula is C16H27ClN2O3. The molecule has 0 saturated carbocycles. The fourth-order valence-corrected chi connectivity index (χ4v) is 1.99. The van der Waals surface area contributed by atoms with Crippen molar-refractivity contribution in [3.05, 3.63) is 23.8 Å². The van der Waals surface area contributed by atoms with E-state index in [1.165, 1.54) is 0 Å². The van der Waals surface area contributed by atoms with Crippen LogP contribution in [0.4, 0.5) is 0 Å². The first kappa shape index (κ1) is 20.5. The van der Waals surface area contributed by atoms with Crippen molar-refractivity contribution >= 4 is 18.3 Å². The van der Waals surface area contributed by atoms with Crippen LogP contribution < -0.4 is 20.5 Å². The summed E-state index contributed by atoms with van der Waals surface area (Å²) in [5.74, 6) is 1.54. The SMILES string of the molecule is COc1ccc(OC)c(CC(=O)NC(C)(CN)C(C)C)c1.Cl. The van der Waals surface area contributed by atoms with Crippen molar-refractivity contribution in [3.8, 4) is 11.5 Å². The van der Waals surface area contributed by atoms with E-state index in [9.17, 15) is 4.79 Å². The molecule has 0 radical (unpaired) electrons. The molecule has 0 heterocycles. The number of hydrogen-bond donors (Lipinski definition) is 2. The van der Waals surface area contributed by atoms with E-state index in [-0.39, 0.29) is 30.7 Å². The van der Waals surface area contributed by atoms with Gasteiger partial charge in [0, 0.05) is 12.1 Å². The van der Waals surface area contributed by atoms with Gasteiger partial charge in [-0.1, -0.05) is 13.8 Å². The van der Waals surface area contributed by atoms with Crippen molar-refractivity contribution in [2.24, 2.45) is 11.7 Å². The highest BCUT2D eigenvalue weighted by Gasteiger charge is 2.28. The summed E-state index contributed by atoms with van der Waals surface area (Å²) < 4.78 is 10.5. The third kappa shape index (κ3) is 5.07. The summed E-state index contributed by atoms with van der Waals surface area (Å²) in [5.41, 5.74) is 6.17. The zero-order chi connectivity index (χ0) is 16.0. The lowest BCUT2D eigenvalue weighted by molar-refractivity contribution is -0.122. The summed E-state index contributed by atoms with van der Waals surface area (Å²) in [6, 6.07) is 5.41. The highest BCUT2D eigenvalue weighted by atomic mass is 35.5. The van der Waals surface area contributed by atoms with Crippen LogP contribution in [0.2, 0.25) is 0 Å². The van der Waals surface area contributed by atoms with E-state index in [0.29, 0.717) is 18.0 Å². The van der Waals surface area contributed by atoms with Crippen molar-refractivity contribution < 1.29 is 14.3 Å². The maximum absolute atomic E-state index is 12.3. The first-order chi connectivity index (χ1) is 9.86. The molecule has 0 bridgehead atoms. The molecule has 0 saturated heterocycles. The van der Waals surface area contributed by atoms with E-state index in [1.807, 2.05) is 26.8 Å². The first-order valence-electron chi connectivity index (χ1n) is 7.08. The molecule has 1 unspecified atom stereocenters. The number of ether oxygens (including phenoxy) is 2. The van der Waals surface area contributed by atoms with E-state index in [0.717, 1.165) is 5.56 Å². The fraction of sp³-hybridized carbons (Fsp3) is 0.562. The van der Waals surface area contributed by atoms with Gasteiger partial charge in [-0.2, -0.15) is 0 Å². The van der Waals surface area contributed by atoms with Gasteiger partial charge in [-0.3, -0.25) is 4.79 Å². The predicted octanol–water partition coefficient (Wildman–Crippen LogP) is 2.16. The minimum absolute atomic E-state index is 0. The number of carbonyl (C=O) groups is 1. The number of hydrogen-bond acceptors (Lipinski definition) is 4. The fourth-order valence-electron chi connectivity index (χ4n) is 1.99. The van der Waals surface area contributed by atoms with Crippen molar-refractivity contribution in [1.82, 2.24) is 5.32 Å². The molecule has 1 atom stereocenters. The first-order valence-corrected chi connectivity index (χ1v) is 7.08. The van der Waals surface area contributed by atoms with Crippen LogP contribution in [0.3, 0.4) is 0 Å². The zero-order valence-electron chi connectivity index (χ0n) is 13.9. The Morgan fingerprint density at radius 2 is 1.95 bits per heavy atom. The third-order valence-electron chi connectivity index (χ3n) is 3.96. The lowest BCUT2D eigenvalue weighted by Gasteiger charge is -2.33. The lowest BCUT2D eigenvalue weighted by atomic mass is 9.88. The topological polar surface area (TPSA) is 73.6 Å². The number of rotatable bonds is 7. The minimum Gasteiger partial charge on any atom is -0.497 e. The molecule has 1 amide bonds. The van der Waals surface area contributed by atoms with Crippen LogP contribution in [0.5, 0.6) is 11.5 Å². The zero-order valence-corrected chi connectivity index (χ0v) is 14.8. The van der Waals surface area contributed by atoms with Gasteiger partial charge in [0.2, 0.25) is 5.91 Å². The van der Waals surface area contributed by atoms with Crippen LogP contribution in [0, 0.1) is 5.92 Å². The second kappa shape index (κ2) is 8.86. The van der Waals surface area contributed by atoms with Gasteiger partial charge < -0.3 is 20.5 Å². The molecule has 6 heteroatoms. The minimum atomic E-state index is -0.414. The van der Waals surface area contributed by atoms with Gasteiger partial charge in [0.1, 0.15) is 11.5 Å². The van der Waals surface area contributed by atoms with Crippen LogP contribution >= 0.6 is 12.4 Å². The molecule has 0 aliphatic carbocycles. The van der Waals surface area contributed by atoms with Gasteiger partial charge in [-0.15, -0.1) is 12.4 Å². The van der Waals surface area contributed by atoms with Crippen LogP contribution in [0.25, 0.3) is 0 Å². The van der Waals surface area contributed by atoms with E-state index in [1.54, 1.807) is 26.4 Å². The second-order valence-electron chi connectivity index (χ2n) is 5.68. The number of halogens is 1. The number of methoxy groups -OCH3 is 2. The Bertz CT molecular complexity index is 494. The Labute approximate surface area is 139 Å². The summed E-state index contributed by atoms with van der Waals surface area (Å²) in [6.45, 7) is 6.43. The summed E-state index contributed by atoms with van der Waals surface area (Å²) in [5, 5.41) is 3.02. The Hall–Kier alpha value is -1.46. The van der Waals surface area contributed by atoms with Gasteiger partial charge in [0.05, 0.1) is 26.2 Å². The van der Waals surface area contributed by atoms with Gasteiger partial charge in [0.15, 0.2) is 0 Å². The molecular weight excluding hydrogens is 304 g/mol. The summed E-state index contributed by atoms with van der Waals surface area (Å²) in [7, 11) is 3.18. The highest BCUT2D eigenvalue weighted by molar-refractivity contribution is 5.85. The van der Waals surface area contributed by atoms with Gasteiger partial charge >= 0.3 is 0 Å². The molecule has 5 nitrogen and oxygen atoms in total. The largest absolute Gasteiger partial charge is 0.497 e. The molecule has 0 aromatic heterocycles. The van der Waals surface area contributed by atoms with Crippen LogP contribution in [0.15, 0.2) is 18.2 Å². The van der Waals surface area contributed by atoms with Crippen LogP contribution in [-0.4, -0.2) is 32.2 Å². The standard InChI is InChI=1S/C16H26N2O3.ClH/c1-11(2)16(3,10-17)18-15(19)9-12-8-13(20-4)6-7-14(12)21-5;/h6-8,11H,9-10,17H2,1-5H3,(H,18,19);1H. The Morgan fingerprint density at radius 3 is 2.41 bits per heavy atom. The summed E-state index contributed by atoms with van der Waals surface area (Å²) in [4.78, 5) is 12.3. The number of benzene rings is 1. The maximum Gasteiger partial charge on any atom is 0.225 e. The highest BCUT2D eigenvalue weighted by Crippen LogP contribution is 2.25. The molecule has 22 heavy (non-hydrogen) atoms. The lowest BCUT2D eigenvalue weighted by Crippen LogP contribution is -2.55. The van der Waals surface area contributed by atoms with E-state index in [2.05, 4.69) is 5.32 Å². The third-order valence-corrected chi connectivity index (χ3v) is 3.96. The average Bonchev–Trinajstić information content (AvgIpc) is 2.46. The van der Waals surface area contributed by atoms with Gasteiger partial charge in [-0.05, 0) is 31.0 Å². The molecule has 126 valence electrons. The van der Waals surface area contributed by atoms with Crippen molar-refractivity contribution in [2.75, 3.05) is 20.8 Å². The van der Waals surface area contributed by atoms with Crippen molar-refractivity contribution in [1.29, 1.82) is 0 Å². The Balaban J connectivity index is 0.00000441. The predicted molar refractivity (Wildman–Crippen MR) is 90.9 cm³/mol. The maximum atomic E-state index is 12.3. The van der Waals surface area contributed by atoms with Gasteiger partial charge in [0.25, 0.3) is 0 Å². The number of carbonyl (C=O) groups excluding carboxylic acids is 1. The Kier molecular flexibility index (Phi) is 8.27.